The normalized spacial score (nSPS) is 19.2. The lowest BCUT2D eigenvalue weighted by Crippen LogP contribution is -2.26. The molecule has 4 heteroatoms. The fraction of sp³-hybridized carbons (Fsp3) is 0.500. The molecule has 1 atom stereocenters. The molecule has 1 fully saturated rings. The van der Waals surface area contributed by atoms with Crippen molar-refractivity contribution in [3.63, 3.8) is 0 Å². The van der Waals surface area contributed by atoms with Gasteiger partial charge in [-0.3, -0.25) is 0 Å². The quantitative estimate of drug-likeness (QED) is 0.825. The molecule has 2 N–H and O–H groups in total. The van der Waals surface area contributed by atoms with Gasteiger partial charge in [-0.05, 0) is 36.5 Å². The molecule has 0 radical (unpaired) electrons. The van der Waals surface area contributed by atoms with Crippen LogP contribution < -0.4 is 5.73 Å². The minimum atomic E-state index is -4.26. The van der Waals surface area contributed by atoms with E-state index < -0.39 is 11.7 Å². The summed E-state index contributed by atoms with van der Waals surface area (Å²) in [6, 6.07) is 5.08. The largest absolute Gasteiger partial charge is 0.416 e. The lowest BCUT2D eigenvalue weighted by molar-refractivity contribution is -0.137. The minimum Gasteiger partial charge on any atom is -0.324 e. The molecular formula is C12H14F3N. The summed E-state index contributed by atoms with van der Waals surface area (Å²) in [5.41, 5.74) is 6.17. The summed E-state index contributed by atoms with van der Waals surface area (Å²) in [7, 11) is 0. The average molecular weight is 229 g/mol. The Morgan fingerprint density at radius 1 is 1.12 bits per heavy atom. The van der Waals surface area contributed by atoms with Gasteiger partial charge in [0, 0.05) is 6.04 Å². The Kier molecular flexibility index (Phi) is 2.93. The zero-order valence-corrected chi connectivity index (χ0v) is 8.80. The van der Waals surface area contributed by atoms with Crippen LogP contribution in [0.25, 0.3) is 0 Å². The van der Waals surface area contributed by atoms with Crippen LogP contribution in [0.3, 0.4) is 0 Å². The van der Waals surface area contributed by atoms with Gasteiger partial charge in [0.2, 0.25) is 0 Å². The zero-order chi connectivity index (χ0) is 11.8. The third kappa shape index (κ3) is 2.21. The third-order valence-corrected chi connectivity index (χ3v) is 3.28. The van der Waals surface area contributed by atoms with Gasteiger partial charge in [-0.1, -0.05) is 18.6 Å². The second kappa shape index (κ2) is 4.09. The van der Waals surface area contributed by atoms with Crippen LogP contribution in [0, 0.1) is 5.92 Å². The van der Waals surface area contributed by atoms with Crippen LogP contribution >= 0.6 is 0 Å². The summed E-state index contributed by atoms with van der Waals surface area (Å²) in [5, 5.41) is 0. The van der Waals surface area contributed by atoms with E-state index in [1.807, 2.05) is 0 Å². The van der Waals surface area contributed by atoms with E-state index in [9.17, 15) is 13.2 Å². The number of hydrogen-bond acceptors (Lipinski definition) is 1. The van der Waals surface area contributed by atoms with E-state index in [0.717, 1.165) is 30.5 Å². The van der Waals surface area contributed by atoms with Crippen LogP contribution in [0.1, 0.15) is 36.4 Å². The number of halogens is 3. The molecule has 88 valence electrons. The van der Waals surface area contributed by atoms with Gasteiger partial charge in [-0.2, -0.15) is 13.2 Å². The van der Waals surface area contributed by atoms with E-state index >= 15 is 0 Å². The highest BCUT2D eigenvalue weighted by Gasteiger charge is 2.31. The summed E-state index contributed by atoms with van der Waals surface area (Å²) in [4.78, 5) is 0. The molecule has 0 aromatic heterocycles. The van der Waals surface area contributed by atoms with Crippen molar-refractivity contribution in [3.05, 3.63) is 35.4 Å². The zero-order valence-electron chi connectivity index (χ0n) is 8.80. The Labute approximate surface area is 92.5 Å². The molecule has 1 nitrogen and oxygen atoms in total. The molecule has 0 spiro atoms. The van der Waals surface area contributed by atoms with Crippen molar-refractivity contribution in [3.8, 4) is 0 Å². The summed E-state index contributed by atoms with van der Waals surface area (Å²) in [5.74, 6) is 0.441. The van der Waals surface area contributed by atoms with Crippen molar-refractivity contribution in [2.75, 3.05) is 0 Å². The second-order valence-electron chi connectivity index (χ2n) is 4.34. The maximum absolute atomic E-state index is 12.3. The molecule has 2 rings (SSSR count). The molecule has 1 aromatic rings. The molecule has 0 bridgehead atoms. The summed E-state index contributed by atoms with van der Waals surface area (Å²) < 4.78 is 37.0. The van der Waals surface area contributed by atoms with Crippen LogP contribution in [0.4, 0.5) is 13.2 Å². The highest BCUT2D eigenvalue weighted by Crippen LogP contribution is 2.37. The molecule has 1 aliphatic carbocycles. The fourth-order valence-corrected chi connectivity index (χ4v) is 1.97. The van der Waals surface area contributed by atoms with Crippen LogP contribution in [-0.4, -0.2) is 0 Å². The number of nitrogens with two attached hydrogens (primary N) is 1. The van der Waals surface area contributed by atoms with Gasteiger partial charge in [0.1, 0.15) is 0 Å². The summed E-state index contributed by atoms with van der Waals surface area (Å²) in [6.07, 6.45) is -0.914. The first-order chi connectivity index (χ1) is 7.48. The molecule has 16 heavy (non-hydrogen) atoms. The lowest BCUT2D eigenvalue weighted by atomic mass is 9.77. The first-order valence-electron chi connectivity index (χ1n) is 5.41. The van der Waals surface area contributed by atoms with Gasteiger partial charge in [0.15, 0.2) is 0 Å². The van der Waals surface area contributed by atoms with Crippen LogP contribution in [0.15, 0.2) is 24.3 Å². The van der Waals surface area contributed by atoms with Crippen molar-refractivity contribution >= 4 is 0 Å². The first-order valence-corrected chi connectivity index (χ1v) is 5.41. The molecule has 0 saturated heterocycles. The maximum atomic E-state index is 12.3. The van der Waals surface area contributed by atoms with E-state index in [1.54, 1.807) is 0 Å². The highest BCUT2D eigenvalue weighted by atomic mass is 19.4. The Hall–Kier alpha value is -1.03. The molecule has 0 heterocycles. The van der Waals surface area contributed by atoms with Crippen molar-refractivity contribution in [1.29, 1.82) is 0 Å². The standard InChI is InChI=1S/C12H14F3N/c13-12(14,15)10-6-4-9(5-7-10)11(16)8-2-1-3-8/h4-8,11H,1-3,16H2/t11-/m1/s1. The van der Waals surface area contributed by atoms with E-state index in [4.69, 9.17) is 5.73 Å². The van der Waals surface area contributed by atoms with Crippen molar-refractivity contribution in [2.45, 2.75) is 31.5 Å². The number of benzene rings is 1. The predicted octanol–water partition coefficient (Wildman–Crippen LogP) is 3.51. The number of alkyl halides is 3. The average Bonchev–Trinajstić information content (AvgIpc) is 2.14. The van der Waals surface area contributed by atoms with E-state index in [0.29, 0.717) is 5.92 Å². The number of rotatable bonds is 2. The topological polar surface area (TPSA) is 26.0 Å². The molecule has 0 aliphatic heterocycles. The number of hydrogen-bond donors (Lipinski definition) is 1. The van der Waals surface area contributed by atoms with Gasteiger partial charge >= 0.3 is 6.18 Å². The van der Waals surface area contributed by atoms with Gasteiger partial charge in [-0.25, -0.2) is 0 Å². The Morgan fingerprint density at radius 3 is 2.06 bits per heavy atom. The molecular weight excluding hydrogens is 215 g/mol. The Bertz CT molecular complexity index is 352. The minimum absolute atomic E-state index is 0.115. The predicted molar refractivity (Wildman–Crippen MR) is 55.7 cm³/mol. The fourth-order valence-electron chi connectivity index (χ4n) is 1.97. The van der Waals surface area contributed by atoms with Crippen molar-refractivity contribution in [2.24, 2.45) is 11.7 Å². The molecule has 1 aromatic carbocycles. The smallest absolute Gasteiger partial charge is 0.324 e. The van der Waals surface area contributed by atoms with Crippen molar-refractivity contribution in [1.82, 2.24) is 0 Å². The molecule has 1 aliphatic rings. The van der Waals surface area contributed by atoms with Gasteiger partial charge in [0.05, 0.1) is 5.56 Å². The Morgan fingerprint density at radius 2 is 1.69 bits per heavy atom. The molecule has 0 amide bonds. The SMILES string of the molecule is N[C@@H](c1ccc(C(F)(F)F)cc1)C1CCC1. The van der Waals surface area contributed by atoms with Crippen molar-refractivity contribution < 1.29 is 13.2 Å². The van der Waals surface area contributed by atoms with Gasteiger partial charge < -0.3 is 5.73 Å². The summed E-state index contributed by atoms with van der Waals surface area (Å²) in [6.45, 7) is 0. The highest BCUT2D eigenvalue weighted by molar-refractivity contribution is 5.27. The first kappa shape index (κ1) is 11.5. The van der Waals surface area contributed by atoms with Crippen LogP contribution in [0.2, 0.25) is 0 Å². The lowest BCUT2D eigenvalue weighted by Gasteiger charge is -2.31. The van der Waals surface area contributed by atoms with E-state index in [-0.39, 0.29) is 6.04 Å². The van der Waals surface area contributed by atoms with Crippen LogP contribution in [0.5, 0.6) is 0 Å². The van der Waals surface area contributed by atoms with Gasteiger partial charge in [0.25, 0.3) is 0 Å². The third-order valence-electron chi connectivity index (χ3n) is 3.28. The van der Waals surface area contributed by atoms with Crippen LogP contribution in [-0.2, 0) is 6.18 Å². The van der Waals surface area contributed by atoms with Gasteiger partial charge in [-0.15, -0.1) is 0 Å². The van der Waals surface area contributed by atoms with E-state index in [1.165, 1.54) is 18.6 Å². The second-order valence-corrected chi connectivity index (χ2v) is 4.34. The Balaban J connectivity index is 2.12. The molecule has 0 unspecified atom stereocenters. The van der Waals surface area contributed by atoms with E-state index in [2.05, 4.69) is 0 Å². The molecule has 1 saturated carbocycles. The summed E-state index contributed by atoms with van der Waals surface area (Å²) >= 11 is 0. The monoisotopic (exact) mass is 229 g/mol. The maximum Gasteiger partial charge on any atom is 0.416 e.